The summed E-state index contributed by atoms with van der Waals surface area (Å²) in [5.41, 5.74) is -0.215. The first kappa shape index (κ1) is 22.0. The fourth-order valence-electron chi connectivity index (χ4n) is 2.81. The first-order valence-electron chi connectivity index (χ1n) is 8.76. The van der Waals surface area contributed by atoms with Gasteiger partial charge in [-0.05, 0) is 38.5 Å². The molecule has 1 saturated heterocycles. The zero-order valence-corrected chi connectivity index (χ0v) is 17.2. The molecule has 1 N–H and O–H groups in total. The quantitative estimate of drug-likeness (QED) is 0.777. The molecule has 1 heterocycles. The number of carboxylic acid groups (broad SMARTS) is 1. The Kier molecular flexibility index (Phi) is 6.56. The highest BCUT2D eigenvalue weighted by atomic mass is 32.2. The summed E-state index contributed by atoms with van der Waals surface area (Å²) in [6, 6.07) is 5.14. The highest BCUT2D eigenvalue weighted by Crippen LogP contribution is 2.21. The first-order valence-corrected chi connectivity index (χ1v) is 10.4. The molecule has 0 saturated carbocycles. The lowest BCUT2D eigenvalue weighted by molar-refractivity contribution is -0.143. The monoisotopic (exact) mass is 414 g/mol. The van der Waals surface area contributed by atoms with Crippen LogP contribution in [0.15, 0.2) is 24.3 Å². The maximum absolute atomic E-state index is 12.8. The molecule has 10 heteroatoms. The Morgan fingerprint density at radius 2 is 1.79 bits per heavy atom. The number of carboxylic acids is 1. The Morgan fingerprint density at radius 1 is 1.18 bits per heavy atom. The molecule has 1 amide bonds. The van der Waals surface area contributed by atoms with Crippen LogP contribution in [0, 0.1) is 0 Å². The van der Waals surface area contributed by atoms with Gasteiger partial charge in [-0.25, -0.2) is 13.2 Å². The molecule has 1 fully saturated rings. The van der Waals surface area contributed by atoms with Crippen molar-refractivity contribution in [3.8, 4) is 5.75 Å². The summed E-state index contributed by atoms with van der Waals surface area (Å²) in [5.74, 6) is -1.06. The number of rotatable bonds is 5. The average molecular weight is 414 g/mol. The molecule has 28 heavy (non-hydrogen) atoms. The third kappa shape index (κ3) is 5.59. The number of aliphatic carboxylic acids is 1. The van der Waals surface area contributed by atoms with Crippen LogP contribution in [0.4, 0.5) is 4.79 Å². The molecule has 2 rings (SSSR count). The van der Waals surface area contributed by atoms with E-state index in [2.05, 4.69) is 0 Å². The second-order valence-corrected chi connectivity index (χ2v) is 9.42. The number of benzene rings is 1. The van der Waals surface area contributed by atoms with Crippen LogP contribution < -0.4 is 4.74 Å². The molecule has 1 aliphatic heterocycles. The van der Waals surface area contributed by atoms with Crippen LogP contribution in [-0.4, -0.2) is 73.2 Å². The number of piperazine rings is 1. The molecule has 0 radical (unpaired) electrons. The minimum absolute atomic E-state index is 0.0561. The van der Waals surface area contributed by atoms with Gasteiger partial charge in [0.05, 0.1) is 19.4 Å². The van der Waals surface area contributed by atoms with Gasteiger partial charge in [-0.2, -0.15) is 4.31 Å². The van der Waals surface area contributed by atoms with Crippen molar-refractivity contribution in [3.63, 3.8) is 0 Å². The van der Waals surface area contributed by atoms with Gasteiger partial charge in [0.1, 0.15) is 17.4 Å². The van der Waals surface area contributed by atoms with Gasteiger partial charge in [-0.3, -0.25) is 4.79 Å². The molecule has 0 bridgehead atoms. The zero-order chi connectivity index (χ0) is 21.1. The standard InChI is InChI=1S/C18H26N2O7S/c1-18(2,3)27-17(23)19-9-10-20(15(11-19)16(21)22)28(24,25)12-13-5-7-14(26-4)8-6-13/h5-8,15H,9-12H2,1-4H3,(H,21,22)/t15-/m0/s1. The molecule has 0 spiro atoms. The summed E-state index contributed by atoms with van der Waals surface area (Å²) in [5, 5.41) is 9.54. The number of hydrogen-bond acceptors (Lipinski definition) is 6. The van der Waals surface area contributed by atoms with E-state index in [1.54, 1.807) is 45.0 Å². The van der Waals surface area contributed by atoms with E-state index in [0.29, 0.717) is 11.3 Å². The number of ether oxygens (including phenoxy) is 2. The third-order valence-electron chi connectivity index (χ3n) is 4.13. The lowest BCUT2D eigenvalue weighted by Gasteiger charge is -2.38. The summed E-state index contributed by atoms with van der Waals surface area (Å²) in [4.78, 5) is 25.1. The Bertz CT molecular complexity index is 815. The molecule has 0 unspecified atom stereocenters. The minimum atomic E-state index is -3.90. The smallest absolute Gasteiger partial charge is 0.410 e. The predicted octanol–water partition coefficient (Wildman–Crippen LogP) is 1.53. The van der Waals surface area contributed by atoms with Gasteiger partial charge in [0, 0.05) is 13.1 Å². The van der Waals surface area contributed by atoms with E-state index < -0.39 is 33.7 Å². The van der Waals surface area contributed by atoms with E-state index in [0.717, 1.165) is 4.31 Å². The zero-order valence-electron chi connectivity index (χ0n) is 16.4. The molecule has 0 aromatic heterocycles. The van der Waals surface area contributed by atoms with Crippen molar-refractivity contribution < 1.29 is 32.6 Å². The molecule has 1 atom stereocenters. The second kappa shape index (κ2) is 8.36. The molecule has 0 aliphatic carbocycles. The van der Waals surface area contributed by atoms with Gasteiger partial charge >= 0.3 is 12.1 Å². The lowest BCUT2D eigenvalue weighted by Crippen LogP contribution is -2.59. The Labute approximate surface area is 164 Å². The van der Waals surface area contributed by atoms with Gasteiger partial charge in [0.15, 0.2) is 0 Å². The van der Waals surface area contributed by atoms with E-state index >= 15 is 0 Å². The van der Waals surface area contributed by atoms with Crippen LogP contribution in [0.25, 0.3) is 0 Å². The van der Waals surface area contributed by atoms with Crippen molar-refractivity contribution in [2.24, 2.45) is 0 Å². The van der Waals surface area contributed by atoms with E-state index in [1.165, 1.54) is 12.0 Å². The number of sulfonamides is 1. The largest absolute Gasteiger partial charge is 0.497 e. The molecule has 9 nitrogen and oxygen atoms in total. The van der Waals surface area contributed by atoms with Crippen LogP contribution in [0.3, 0.4) is 0 Å². The van der Waals surface area contributed by atoms with Crippen LogP contribution in [0.2, 0.25) is 0 Å². The minimum Gasteiger partial charge on any atom is -0.497 e. The number of hydrogen-bond donors (Lipinski definition) is 1. The summed E-state index contributed by atoms with van der Waals surface area (Å²) in [7, 11) is -2.39. The Balaban J connectivity index is 2.15. The fraction of sp³-hybridized carbons (Fsp3) is 0.556. The topological polar surface area (TPSA) is 113 Å². The van der Waals surface area contributed by atoms with E-state index in [1.807, 2.05) is 0 Å². The molecule has 1 aliphatic rings. The van der Waals surface area contributed by atoms with Crippen molar-refractivity contribution in [2.75, 3.05) is 26.7 Å². The fourth-order valence-corrected chi connectivity index (χ4v) is 4.49. The maximum Gasteiger partial charge on any atom is 0.410 e. The number of nitrogens with zero attached hydrogens (tertiary/aromatic N) is 2. The lowest BCUT2D eigenvalue weighted by atomic mass is 10.2. The Morgan fingerprint density at radius 3 is 2.29 bits per heavy atom. The highest BCUT2D eigenvalue weighted by Gasteiger charge is 2.41. The van der Waals surface area contributed by atoms with Gasteiger partial charge in [-0.1, -0.05) is 12.1 Å². The van der Waals surface area contributed by atoms with E-state index in [4.69, 9.17) is 9.47 Å². The maximum atomic E-state index is 12.8. The summed E-state index contributed by atoms with van der Waals surface area (Å²) >= 11 is 0. The predicted molar refractivity (Wildman–Crippen MR) is 102 cm³/mol. The number of methoxy groups -OCH3 is 1. The van der Waals surface area contributed by atoms with Crippen molar-refractivity contribution >= 4 is 22.1 Å². The normalized spacial score (nSPS) is 18.6. The third-order valence-corrected chi connectivity index (χ3v) is 5.98. The SMILES string of the molecule is COc1ccc(CS(=O)(=O)N2CCN(C(=O)OC(C)(C)C)C[C@H]2C(=O)O)cc1. The van der Waals surface area contributed by atoms with Gasteiger partial charge in [0.2, 0.25) is 10.0 Å². The Hall–Kier alpha value is -2.33. The van der Waals surface area contributed by atoms with Gasteiger partial charge < -0.3 is 19.5 Å². The molecular formula is C18H26N2O7S. The number of carbonyl (C=O) groups excluding carboxylic acids is 1. The summed E-state index contributed by atoms with van der Waals surface area (Å²) < 4.78 is 36.9. The van der Waals surface area contributed by atoms with Crippen molar-refractivity contribution in [2.45, 2.75) is 38.2 Å². The molecule has 1 aromatic rings. The second-order valence-electron chi connectivity index (χ2n) is 7.50. The van der Waals surface area contributed by atoms with Crippen LogP contribution in [0.5, 0.6) is 5.75 Å². The van der Waals surface area contributed by atoms with Crippen LogP contribution >= 0.6 is 0 Å². The summed E-state index contributed by atoms with van der Waals surface area (Å²) in [6.45, 7) is 4.78. The molecule has 1 aromatic carbocycles. The highest BCUT2D eigenvalue weighted by molar-refractivity contribution is 7.88. The number of carbonyl (C=O) groups is 2. The molecule has 156 valence electrons. The van der Waals surface area contributed by atoms with E-state index in [9.17, 15) is 23.1 Å². The van der Waals surface area contributed by atoms with Crippen molar-refractivity contribution in [1.82, 2.24) is 9.21 Å². The van der Waals surface area contributed by atoms with Crippen LogP contribution in [0.1, 0.15) is 26.3 Å². The van der Waals surface area contributed by atoms with Crippen molar-refractivity contribution in [1.29, 1.82) is 0 Å². The molecular weight excluding hydrogens is 388 g/mol. The average Bonchev–Trinajstić information content (AvgIpc) is 2.60. The number of amides is 1. The van der Waals surface area contributed by atoms with E-state index in [-0.39, 0.29) is 25.4 Å². The van der Waals surface area contributed by atoms with Crippen molar-refractivity contribution in [3.05, 3.63) is 29.8 Å². The van der Waals surface area contributed by atoms with Gasteiger partial charge in [-0.15, -0.1) is 0 Å². The summed E-state index contributed by atoms with van der Waals surface area (Å²) in [6.07, 6.45) is -0.661. The first-order chi connectivity index (χ1) is 12.9. The van der Waals surface area contributed by atoms with Gasteiger partial charge in [0.25, 0.3) is 0 Å². The van der Waals surface area contributed by atoms with Crippen LogP contribution in [-0.2, 0) is 25.3 Å².